The molecule has 0 aliphatic rings. The van der Waals surface area contributed by atoms with Crippen LogP contribution >= 0.6 is 0 Å². The molecular weight excluding hydrogens is 254 g/mol. The minimum atomic E-state index is -0.429. The van der Waals surface area contributed by atoms with E-state index in [1.54, 1.807) is 14.2 Å². The molecule has 0 aliphatic heterocycles. The van der Waals surface area contributed by atoms with Gasteiger partial charge in [-0.05, 0) is 0 Å². The number of nitrogens with two attached hydrogens (primary N) is 1. The maximum Gasteiger partial charge on any atom is 0.0979 e. The van der Waals surface area contributed by atoms with Gasteiger partial charge in [-0.3, -0.25) is 0 Å². The van der Waals surface area contributed by atoms with Gasteiger partial charge < -0.3 is 34.5 Å². The van der Waals surface area contributed by atoms with E-state index in [9.17, 15) is 0 Å². The lowest BCUT2D eigenvalue weighted by atomic mass is 10.2. The third kappa shape index (κ3) is 11.3. The predicted octanol–water partition coefficient (Wildman–Crippen LogP) is -0.983. The van der Waals surface area contributed by atoms with Crippen molar-refractivity contribution >= 4 is 0 Å². The molecule has 0 amide bonds. The Morgan fingerprint density at radius 2 is 1.47 bits per heavy atom. The fourth-order valence-corrected chi connectivity index (χ4v) is 1.33. The highest BCUT2D eigenvalue weighted by atomic mass is 16.6. The number of ether oxygens (including phenoxy) is 5. The molecule has 0 aromatic heterocycles. The Morgan fingerprint density at radius 1 is 0.895 bits per heavy atom. The standard InChI is InChI=1S/C12H27NO6/c1-15-3-4-17-5-6-18-7-8-19-12(9-14)11(13)10-16-2/h11-12,14H,3-10,13H2,1-2H3. The van der Waals surface area contributed by atoms with Gasteiger partial charge in [-0.15, -0.1) is 0 Å². The summed E-state index contributed by atoms with van der Waals surface area (Å²) in [7, 11) is 3.18. The lowest BCUT2D eigenvalue weighted by Gasteiger charge is -2.21. The zero-order chi connectivity index (χ0) is 14.3. The summed E-state index contributed by atoms with van der Waals surface area (Å²) in [5.74, 6) is 0. The summed E-state index contributed by atoms with van der Waals surface area (Å²) in [5.41, 5.74) is 5.77. The van der Waals surface area contributed by atoms with Crippen LogP contribution in [0, 0.1) is 0 Å². The van der Waals surface area contributed by atoms with E-state index < -0.39 is 6.10 Å². The van der Waals surface area contributed by atoms with Crippen LogP contribution < -0.4 is 5.73 Å². The lowest BCUT2D eigenvalue weighted by molar-refractivity contribution is -0.0475. The number of hydrogen-bond donors (Lipinski definition) is 2. The Kier molecular flexibility index (Phi) is 13.9. The molecule has 0 radical (unpaired) electrons. The van der Waals surface area contributed by atoms with Crippen molar-refractivity contribution in [2.45, 2.75) is 12.1 Å². The normalized spacial score (nSPS) is 14.5. The maximum absolute atomic E-state index is 9.11. The van der Waals surface area contributed by atoms with Gasteiger partial charge in [-0.25, -0.2) is 0 Å². The molecule has 0 saturated carbocycles. The summed E-state index contributed by atoms with van der Waals surface area (Å²) in [5, 5.41) is 9.11. The van der Waals surface area contributed by atoms with Crippen molar-refractivity contribution in [1.82, 2.24) is 0 Å². The molecule has 0 spiro atoms. The predicted molar refractivity (Wildman–Crippen MR) is 70.2 cm³/mol. The van der Waals surface area contributed by atoms with Crippen LogP contribution in [0.25, 0.3) is 0 Å². The van der Waals surface area contributed by atoms with Crippen LogP contribution in [0.3, 0.4) is 0 Å². The molecule has 0 aliphatic carbocycles. The SMILES string of the molecule is COCCOCCOCCOC(CO)C(N)COC. The van der Waals surface area contributed by atoms with Crippen LogP contribution in [0.15, 0.2) is 0 Å². The first-order valence-electron chi connectivity index (χ1n) is 6.37. The van der Waals surface area contributed by atoms with E-state index in [0.717, 1.165) is 0 Å². The molecule has 2 atom stereocenters. The van der Waals surface area contributed by atoms with Gasteiger partial charge in [-0.2, -0.15) is 0 Å². The van der Waals surface area contributed by atoms with Crippen molar-refractivity contribution < 1.29 is 28.8 Å². The Bertz CT molecular complexity index is 184. The molecule has 0 saturated heterocycles. The Morgan fingerprint density at radius 3 is 2.00 bits per heavy atom. The smallest absolute Gasteiger partial charge is 0.0979 e. The quantitative estimate of drug-likeness (QED) is 0.395. The molecular formula is C12H27NO6. The number of aliphatic hydroxyl groups excluding tert-OH is 1. The van der Waals surface area contributed by atoms with Crippen LogP contribution in [0.4, 0.5) is 0 Å². The highest BCUT2D eigenvalue weighted by molar-refractivity contribution is 4.71. The van der Waals surface area contributed by atoms with Gasteiger partial charge in [0.2, 0.25) is 0 Å². The highest BCUT2D eigenvalue weighted by Crippen LogP contribution is 1.97. The third-order valence-corrected chi connectivity index (χ3v) is 2.38. The van der Waals surface area contributed by atoms with Crippen LogP contribution in [0.2, 0.25) is 0 Å². The topological polar surface area (TPSA) is 92.4 Å². The maximum atomic E-state index is 9.11. The fourth-order valence-electron chi connectivity index (χ4n) is 1.33. The zero-order valence-electron chi connectivity index (χ0n) is 11.9. The van der Waals surface area contributed by atoms with E-state index in [1.165, 1.54) is 0 Å². The van der Waals surface area contributed by atoms with Crippen LogP contribution in [-0.2, 0) is 23.7 Å². The van der Waals surface area contributed by atoms with Crippen molar-refractivity contribution in [3.05, 3.63) is 0 Å². The summed E-state index contributed by atoms with van der Waals surface area (Å²) in [6.07, 6.45) is -0.429. The lowest BCUT2D eigenvalue weighted by Crippen LogP contribution is -2.43. The first-order chi connectivity index (χ1) is 9.26. The van der Waals surface area contributed by atoms with Crippen molar-refractivity contribution in [2.75, 3.05) is 67.1 Å². The van der Waals surface area contributed by atoms with Crippen molar-refractivity contribution in [3.8, 4) is 0 Å². The molecule has 0 aromatic carbocycles. The third-order valence-electron chi connectivity index (χ3n) is 2.38. The Balaban J connectivity index is 3.36. The number of aliphatic hydroxyl groups is 1. The molecule has 0 aromatic rings. The van der Waals surface area contributed by atoms with E-state index in [1.807, 2.05) is 0 Å². The monoisotopic (exact) mass is 281 g/mol. The average Bonchev–Trinajstić information content (AvgIpc) is 2.41. The van der Waals surface area contributed by atoms with Crippen molar-refractivity contribution in [1.29, 1.82) is 0 Å². The Hall–Kier alpha value is -0.280. The number of hydrogen-bond acceptors (Lipinski definition) is 7. The van der Waals surface area contributed by atoms with E-state index in [2.05, 4.69) is 0 Å². The summed E-state index contributed by atoms with van der Waals surface area (Å²) in [6.45, 7) is 3.19. The van der Waals surface area contributed by atoms with Gasteiger partial charge in [-0.1, -0.05) is 0 Å². The minimum absolute atomic E-state index is 0.134. The summed E-state index contributed by atoms with van der Waals surface area (Å²) >= 11 is 0. The van der Waals surface area contributed by atoms with Crippen molar-refractivity contribution in [2.24, 2.45) is 5.73 Å². The van der Waals surface area contributed by atoms with Crippen LogP contribution in [0.5, 0.6) is 0 Å². The first-order valence-corrected chi connectivity index (χ1v) is 6.37. The molecule has 0 bridgehead atoms. The van der Waals surface area contributed by atoms with Gasteiger partial charge in [0.05, 0.1) is 65.0 Å². The molecule has 19 heavy (non-hydrogen) atoms. The molecule has 116 valence electrons. The second-order valence-electron chi connectivity index (χ2n) is 3.93. The van der Waals surface area contributed by atoms with Gasteiger partial charge in [0.1, 0.15) is 0 Å². The second-order valence-corrected chi connectivity index (χ2v) is 3.93. The summed E-state index contributed by atoms with van der Waals surface area (Å²) in [6, 6.07) is -0.340. The molecule has 3 N–H and O–H groups in total. The van der Waals surface area contributed by atoms with Crippen LogP contribution in [-0.4, -0.2) is 84.3 Å². The van der Waals surface area contributed by atoms with Gasteiger partial charge in [0, 0.05) is 14.2 Å². The molecule has 2 unspecified atom stereocenters. The molecule has 7 heteroatoms. The Labute approximate surface area is 114 Å². The molecule has 0 fully saturated rings. The van der Waals surface area contributed by atoms with Gasteiger partial charge in [0.25, 0.3) is 0 Å². The fraction of sp³-hybridized carbons (Fsp3) is 1.00. The van der Waals surface area contributed by atoms with Crippen molar-refractivity contribution in [3.63, 3.8) is 0 Å². The summed E-state index contributed by atoms with van der Waals surface area (Å²) in [4.78, 5) is 0. The van der Waals surface area contributed by atoms with Crippen LogP contribution in [0.1, 0.15) is 0 Å². The number of methoxy groups -OCH3 is 2. The van der Waals surface area contributed by atoms with E-state index in [-0.39, 0.29) is 12.6 Å². The van der Waals surface area contributed by atoms with E-state index in [0.29, 0.717) is 46.2 Å². The highest BCUT2D eigenvalue weighted by Gasteiger charge is 2.17. The largest absolute Gasteiger partial charge is 0.394 e. The first kappa shape index (κ1) is 18.7. The molecule has 0 heterocycles. The minimum Gasteiger partial charge on any atom is -0.394 e. The van der Waals surface area contributed by atoms with E-state index in [4.69, 9.17) is 34.5 Å². The summed E-state index contributed by atoms with van der Waals surface area (Å²) < 4.78 is 25.7. The van der Waals surface area contributed by atoms with Gasteiger partial charge in [0.15, 0.2) is 0 Å². The van der Waals surface area contributed by atoms with Gasteiger partial charge >= 0.3 is 0 Å². The number of rotatable bonds is 14. The second kappa shape index (κ2) is 14.1. The molecule has 7 nitrogen and oxygen atoms in total. The average molecular weight is 281 g/mol. The zero-order valence-corrected chi connectivity index (χ0v) is 11.9. The molecule has 0 rings (SSSR count). The van der Waals surface area contributed by atoms with E-state index >= 15 is 0 Å².